The van der Waals surface area contributed by atoms with Crippen molar-refractivity contribution in [2.24, 2.45) is 0 Å². The van der Waals surface area contributed by atoms with E-state index in [9.17, 15) is 14.9 Å². The second-order valence-corrected chi connectivity index (χ2v) is 4.87. The van der Waals surface area contributed by atoms with Gasteiger partial charge in [0.25, 0.3) is 5.69 Å². The minimum atomic E-state index is -0.613. The van der Waals surface area contributed by atoms with Gasteiger partial charge in [0, 0.05) is 30.6 Å². The third-order valence-electron chi connectivity index (χ3n) is 2.98. The van der Waals surface area contributed by atoms with Crippen LogP contribution in [0.2, 0.25) is 5.02 Å². The molecule has 0 unspecified atom stereocenters. The van der Waals surface area contributed by atoms with Crippen molar-refractivity contribution in [2.75, 3.05) is 24.8 Å². The summed E-state index contributed by atoms with van der Waals surface area (Å²) in [5, 5.41) is 24.3. The maximum atomic E-state index is 10.4. The van der Waals surface area contributed by atoms with Crippen LogP contribution in [0.1, 0.15) is 5.56 Å². The molecule has 0 bridgehead atoms. The number of amides is 1. The van der Waals surface area contributed by atoms with E-state index in [1.165, 1.54) is 18.2 Å². The van der Waals surface area contributed by atoms with Gasteiger partial charge in [-0.2, -0.15) is 5.26 Å². The van der Waals surface area contributed by atoms with Gasteiger partial charge in [-0.1, -0.05) is 11.6 Å². The molecule has 0 atom stereocenters. The number of rotatable bonds is 5. The third kappa shape index (κ3) is 5.67. The SMILES string of the molecule is CNc1ccc(C#N)c(OC)c1.O=CNc1ccc(Cl)c([N+](=O)[O-])c1. The number of nitriles is 1. The molecule has 8 nitrogen and oxygen atoms in total. The van der Waals surface area contributed by atoms with Crippen molar-refractivity contribution in [2.45, 2.75) is 0 Å². The third-order valence-corrected chi connectivity index (χ3v) is 3.30. The van der Waals surface area contributed by atoms with E-state index < -0.39 is 4.92 Å². The van der Waals surface area contributed by atoms with E-state index in [-0.39, 0.29) is 10.7 Å². The van der Waals surface area contributed by atoms with Crippen molar-refractivity contribution in [3.63, 3.8) is 0 Å². The summed E-state index contributed by atoms with van der Waals surface area (Å²) in [6, 6.07) is 11.4. The van der Waals surface area contributed by atoms with Gasteiger partial charge < -0.3 is 15.4 Å². The van der Waals surface area contributed by atoms with Gasteiger partial charge in [-0.05, 0) is 24.3 Å². The first-order valence-corrected chi connectivity index (χ1v) is 7.24. The van der Waals surface area contributed by atoms with Crippen LogP contribution >= 0.6 is 11.6 Å². The van der Waals surface area contributed by atoms with Gasteiger partial charge in [0.05, 0.1) is 17.6 Å². The van der Waals surface area contributed by atoms with Gasteiger partial charge in [0.2, 0.25) is 6.41 Å². The predicted molar refractivity (Wildman–Crippen MR) is 95.0 cm³/mol. The Hall–Kier alpha value is -3.31. The van der Waals surface area contributed by atoms with Gasteiger partial charge in [-0.15, -0.1) is 0 Å². The number of nitro benzene ring substituents is 1. The Bertz CT molecular complexity index is 805. The number of nitro groups is 1. The number of carbonyl (C=O) groups excluding carboxylic acids is 1. The van der Waals surface area contributed by atoms with Gasteiger partial charge in [-0.3, -0.25) is 14.9 Å². The van der Waals surface area contributed by atoms with Gasteiger partial charge in [-0.25, -0.2) is 0 Å². The number of nitrogens with one attached hydrogen (secondary N) is 2. The van der Waals surface area contributed by atoms with E-state index in [0.29, 0.717) is 23.4 Å². The quantitative estimate of drug-likeness (QED) is 0.478. The van der Waals surface area contributed by atoms with Gasteiger partial charge in [0.1, 0.15) is 16.8 Å². The first kappa shape index (κ1) is 19.7. The summed E-state index contributed by atoms with van der Waals surface area (Å²) >= 11 is 5.53. The zero-order valence-electron chi connectivity index (χ0n) is 13.4. The lowest BCUT2D eigenvalue weighted by Crippen LogP contribution is -1.95. The summed E-state index contributed by atoms with van der Waals surface area (Å²) in [6.07, 6.45) is 0.437. The van der Waals surface area contributed by atoms with Crippen LogP contribution in [0, 0.1) is 21.4 Å². The normalized spacial score (nSPS) is 9.04. The van der Waals surface area contributed by atoms with Crippen LogP contribution in [0.3, 0.4) is 0 Å². The average molecular weight is 363 g/mol. The van der Waals surface area contributed by atoms with Crippen LogP contribution in [0.15, 0.2) is 36.4 Å². The lowest BCUT2D eigenvalue weighted by atomic mass is 10.2. The number of anilines is 2. The number of halogens is 1. The molecule has 2 aromatic carbocycles. The zero-order valence-corrected chi connectivity index (χ0v) is 14.2. The van der Waals surface area contributed by atoms with Crippen molar-refractivity contribution >= 4 is 35.1 Å². The number of nitrogens with zero attached hydrogens (tertiary/aromatic N) is 2. The number of ether oxygens (including phenoxy) is 1. The van der Waals surface area contributed by atoms with Crippen LogP contribution in [-0.2, 0) is 4.79 Å². The Balaban J connectivity index is 0.000000251. The fraction of sp³-hybridized carbons (Fsp3) is 0.125. The first-order valence-electron chi connectivity index (χ1n) is 6.86. The molecule has 0 aromatic heterocycles. The fourth-order valence-corrected chi connectivity index (χ4v) is 1.94. The molecule has 0 aliphatic carbocycles. The van der Waals surface area contributed by atoms with Crippen molar-refractivity contribution in [1.82, 2.24) is 0 Å². The largest absolute Gasteiger partial charge is 0.495 e. The van der Waals surface area contributed by atoms with Crippen LogP contribution < -0.4 is 15.4 Å². The standard InChI is InChI=1S/C9H10N2O.C7H5ClN2O3/c1-11-8-4-3-7(6-10)9(5-8)12-2;8-6-2-1-5(9-4-11)3-7(6)10(12)13/h3-5,11H,1-2H3;1-4H,(H,9,11). The van der Waals surface area contributed by atoms with Crippen LogP contribution in [0.25, 0.3) is 0 Å². The summed E-state index contributed by atoms with van der Waals surface area (Å²) in [7, 11) is 3.37. The minimum absolute atomic E-state index is 0.0430. The highest BCUT2D eigenvalue weighted by atomic mass is 35.5. The highest BCUT2D eigenvalue weighted by Crippen LogP contribution is 2.26. The summed E-state index contributed by atoms with van der Waals surface area (Å²) in [6.45, 7) is 0. The molecule has 9 heteroatoms. The molecular weight excluding hydrogens is 348 g/mol. The van der Waals surface area contributed by atoms with Crippen molar-refractivity contribution < 1.29 is 14.5 Å². The molecule has 130 valence electrons. The highest BCUT2D eigenvalue weighted by Gasteiger charge is 2.12. The molecule has 0 aliphatic heterocycles. The number of methoxy groups -OCH3 is 1. The molecule has 2 N–H and O–H groups in total. The minimum Gasteiger partial charge on any atom is -0.495 e. The number of hydrogen-bond acceptors (Lipinski definition) is 6. The summed E-state index contributed by atoms with van der Waals surface area (Å²) in [4.78, 5) is 19.8. The molecule has 0 heterocycles. The predicted octanol–water partition coefficient (Wildman–Crippen LogP) is 3.43. The maximum absolute atomic E-state index is 10.4. The molecule has 0 saturated carbocycles. The molecule has 0 aliphatic rings. The molecule has 1 amide bonds. The lowest BCUT2D eigenvalue weighted by Gasteiger charge is -2.04. The molecule has 2 rings (SSSR count). The van der Waals surface area contributed by atoms with Gasteiger partial charge in [0.15, 0.2) is 0 Å². The molecular formula is C16H15ClN4O4. The fourth-order valence-electron chi connectivity index (χ4n) is 1.75. The Kier molecular flexibility index (Phi) is 7.69. The Morgan fingerprint density at radius 2 is 1.96 bits per heavy atom. The van der Waals surface area contributed by atoms with E-state index in [0.717, 1.165) is 5.69 Å². The number of benzene rings is 2. The van der Waals surface area contributed by atoms with Crippen LogP contribution in [-0.4, -0.2) is 25.5 Å². The average Bonchev–Trinajstić information content (AvgIpc) is 2.63. The van der Waals surface area contributed by atoms with Crippen molar-refractivity contribution in [3.8, 4) is 11.8 Å². The zero-order chi connectivity index (χ0) is 18.8. The topological polar surface area (TPSA) is 117 Å². The van der Waals surface area contributed by atoms with E-state index in [2.05, 4.69) is 10.6 Å². The number of carbonyl (C=O) groups is 1. The summed E-state index contributed by atoms with van der Waals surface area (Å²) < 4.78 is 5.02. The molecule has 0 radical (unpaired) electrons. The van der Waals surface area contributed by atoms with Crippen LogP contribution in [0.5, 0.6) is 5.75 Å². The Morgan fingerprint density at radius 1 is 1.28 bits per heavy atom. The summed E-state index contributed by atoms with van der Waals surface area (Å²) in [5.74, 6) is 0.601. The lowest BCUT2D eigenvalue weighted by molar-refractivity contribution is -0.384. The van der Waals surface area contributed by atoms with E-state index >= 15 is 0 Å². The monoisotopic (exact) mass is 362 g/mol. The maximum Gasteiger partial charge on any atom is 0.289 e. The molecule has 0 spiro atoms. The second kappa shape index (κ2) is 9.75. The van der Waals surface area contributed by atoms with Crippen LogP contribution in [0.4, 0.5) is 17.1 Å². The van der Waals surface area contributed by atoms with Crippen molar-refractivity contribution in [3.05, 3.63) is 57.1 Å². The van der Waals surface area contributed by atoms with E-state index in [1.54, 1.807) is 19.2 Å². The smallest absolute Gasteiger partial charge is 0.289 e. The Morgan fingerprint density at radius 3 is 2.48 bits per heavy atom. The van der Waals surface area contributed by atoms with E-state index in [4.69, 9.17) is 21.6 Å². The highest BCUT2D eigenvalue weighted by molar-refractivity contribution is 6.32. The number of hydrogen-bond donors (Lipinski definition) is 2. The summed E-state index contributed by atoms with van der Waals surface area (Å²) in [5.41, 5.74) is 1.60. The van der Waals surface area contributed by atoms with E-state index in [1.807, 2.05) is 19.2 Å². The molecule has 25 heavy (non-hydrogen) atoms. The molecule has 2 aromatic rings. The Labute approximate surface area is 149 Å². The van der Waals surface area contributed by atoms with Crippen molar-refractivity contribution in [1.29, 1.82) is 5.26 Å². The molecule has 0 saturated heterocycles. The first-order chi connectivity index (χ1) is 12.0. The van der Waals surface area contributed by atoms with Gasteiger partial charge >= 0.3 is 0 Å². The second-order valence-electron chi connectivity index (χ2n) is 4.46. The molecule has 0 fully saturated rings.